The van der Waals surface area contributed by atoms with Gasteiger partial charge in [-0.15, -0.1) is 0 Å². The van der Waals surface area contributed by atoms with E-state index >= 15 is 0 Å². The van der Waals surface area contributed by atoms with Gasteiger partial charge in [0.2, 0.25) is 0 Å². The fourth-order valence-corrected chi connectivity index (χ4v) is 1.89. The molecule has 4 nitrogen and oxygen atoms in total. The molecule has 4 heteroatoms. The first kappa shape index (κ1) is 13.1. The Morgan fingerprint density at radius 2 is 1.68 bits per heavy atom. The molecular formula is C15H19N3O. The maximum absolute atomic E-state index is 5.79. The van der Waals surface area contributed by atoms with Gasteiger partial charge in [0, 0.05) is 11.7 Å². The molecule has 2 rings (SSSR count). The van der Waals surface area contributed by atoms with E-state index < -0.39 is 0 Å². The first-order valence-electron chi connectivity index (χ1n) is 6.15. The maximum atomic E-state index is 5.79. The molecule has 0 radical (unpaired) electrons. The molecule has 0 amide bonds. The Bertz CT molecular complexity index is 552. The number of hydrogen-bond acceptors (Lipinski definition) is 4. The van der Waals surface area contributed by atoms with E-state index in [0.717, 1.165) is 11.4 Å². The number of hydrogen-bond donors (Lipinski definition) is 3. The highest BCUT2D eigenvalue weighted by molar-refractivity contribution is 5.69. The van der Waals surface area contributed by atoms with Gasteiger partial charge < -0.3 is 21.5 Å². The molecule has 19 heavy (non-hydrogen) atoms. The minimum Gasteiger partial charge on any atom is -0.497 e. The van der Waals surface area contributed by atoms with Crippen molar-refractivity contribution in [3.63, 3.8) is 0 Å². The summed E-state index contributed by atoms with van der Waals surface area (Å²) in [4.78, 5) is 0. The molecule has 5 N–H and O–H groups in total. The van der Waals surface area contributed by atoms with Crippen LogP contribution >= 0.6 is 0 Å². The summed E-state index contributed by atoms with van der Waals surface area (Å²) in [6.07, 6.45) is 0. The summed E-state index contributed by atoms with van der Waals surface area (Å²) in [6, 6.07) is 13.7. The van der Waals surface area contributed by atoms with Crippen molar-refractivity contribution in [2.24, 2.45) is 0 Å². The summed E-state index contributed by atoms with van der Waals surface area (Å²) >= 11 is 0. The lowest BCUT2D eigenvalue weighted by atomic mass is 10.1. The molecule has 1 unspecified atom stereocenters. The van der Waals surface area contributed by atoms with Crippen LogP contribution in [0, 0.1) is 0 Å². The van der Waals surface area contributed by atoms with Crippen LogP contribution in [-0.2, 0) is 0 Å². The van der Waals surface area contributed by atoms with Gasteiger partial charge in [-0.05, 0) is 42.8 Å². The molecule has 100 valence electrons. The SMILES string of the molecule is COc1ccc(C(C)Nc2ccc(N)c(N)c2)cc1. The Morgan fingerprint density at radius 3 is 2.26 bits per heavy atom. The normalized spacial score (nSPS) is 11.9. The molecular weight excluding hydrogens is 238 g/mol. The number of anilines is 3. The van der Waals surface area contributed by atoms with E-state index in [9.17, 15) is 0 Å². The number of ether oxygens (including phenoxy) is 1. The Kier molecular flexibility index (Phi) is 3.80. The van der Waals surface area contributed by atoms with Gasteiger partial charge in [-0.25, -0.2) is 0 Å². The number of methoxy groups -OCH3 is 1. The second kappa shape index (κ2) is 5.52. The molecule has 1 atom stereocenters. The van der Waals surface area contributed by atoms with E-state index in [0.29, 0.717) is 11.4 Å². The van der Waals surface area contributed by atoms with Crippen LogP contribution < -0.4 is 21.5 Å². The predicted molar refractivity (Wildman–Crippen MR) is 80.3 cm³/mol. The zero-order chi connectivity index (χ0) is 13.8. The third-order valence-corrected chi connectivity index (χ3v) is 3.09. The highest BCUT2D eigenvalue weighted by Gasteiger charge is 2.06. The number of benzene rings is 2. The second-order valence-corrected chi connectivity index (χ2v) is 4.48. The van der Waals surface area contributed by atoms with Crippen LogP contribution in [0.4, 0.5) is 17.1 Å². The average Bonchev–Trinajstić information content (AvgIpc) is 2.43. The molecule has 0 heterocycles. The first-order chi connectivity index (χ1) is 9.10. The molecule has 2 aromatic rings. The van der Waals surface area contributed by atoms with Gasteiger partial charge in [0.25, 0.3) is 0 Å². The van der Waals surface area contributed by atoms with Crippen molar-refractivity contribution in [2.45, 2.75) is 13.0 Å². The summed E-state index contributed by atoms with van der Waals surface area (Å²) in [5.41, 5.74) is 14.8. The topological polar surface area (TPSA) is 73.3 Å². The van der Waals surface area contributed by atoms with Crippen LogP contribution in [0.1, 0.15) is 18.5 Å². The van der Waals surface area contributed by atoms with Gasteiger partial charge in [0.1, 0.15) is 5.75 Å². The molecule has 0 aliphatic rings. The van der Waals surface area contributed by atoms with Crippen molar-refractivity contribution < 1.29 is 4.74 Å². The van der Waals surface area contributed by atoms with Crippen molar-refractivity contribution >= 4 is 17.1 Å². The monoisotopic (exact) mass is 257 g/mol. The van der Waals surface area contributed by atoms with Gasteiger partial charge in [0.05, 0.1) is 18.5 Å². The predicted octanol–water partition coefficient (Wildman–Crippen LogP) is 3.03. The Morgan fingerprint density at radius 1 is 1.00 bits per heavy atom. The molecule has 0 spiro atoms. The van der Waals surface area contributed by atoms with E-state index in [1.54, 1.807) is 13.2 Å². The number of nitrogen functional groups attached to an aromatic ring is 2. The van der Waals surface area contributed by atoms with E-state index in [-0.39, 0.29) is 6.04 Å². The lowest BCUT2D eigenvalue weighted by molar-refractivity contribution is 0.414. The highest BCUT2D eigenvalue weighted by Crippen LogP contribution is 2.25. The molecule has 0 aromatic heterocycles. The van der Waals surface area contributed by atoms with Crippen LogP contribution in [0.15, 0.2) is 42.5 Å². The van der Waals surface area contributed by atoms with Gasteiger partial charge >= 0.3 is 0 Å². The largest absolute Gasteiger partial charge is 0.497 e. The summed E-state index contributed by atoms with van der Waals surface area (Å²) in [5, 5.41) is 3.39. The number of rotatable bonds is 4. The molecule has 0 fully saturated rings. The molecule has 0 aliphatic heterocycles. The van der Waals surface area contributed by atoms with Crippen molar-refractivity contribution in [1.29, 1.82) is 0 Å². The minimum absolute atomic E-state index is 0.175. The zero-order valence-corrected chi connectivity index (χ0v) is 11.2. The number of nitrogens with two attached hydrogens (primary N) is 2. The second-order valence-electron chi connectivity index (χ2n) is 4.48. The van der Waals surface area contributed by atoms with Crippen LogP contribution in [0.3, 0.4) is 0 Å². The van der Waals surface area contributed by atoms with Crippen LogP contribution in [0.5, 0.6) is 5.75 Å². The van der Waals surface area contributed by atoms with Crippen molar-refractivity contribution in [3.8, 4) is 5.75 Å². The Balaban J connectivity index is 2.10. The Labute approximate surface area is 113 Å². The lowest BCUT2D eigenvalue weighted by Crippen LogP contribution is -2.07. The standard InChI is InChI=1S/C15H19N3O/c1-10(11-3-6-13(19-2)7-4-11)18-12-5-8-14(16)15(17)9-12/h3-10,18H,16-17H2,1-2H3. The summed E-state index contributed by atoms with van der Waals surface area (Å²) in [7, 11) is 1.66. The smallest absolute Gasteiger partial charge is 0.118 e. The first-order valence-corrected chi connectivity index (χ1v) is 6.15. The highest BCUT2D eigenvalue weighted by atomic mass is 16.5. The van der Waals surface area contributed by atoms with Crippen LogP contribution in [0.25, 0.3) is 0 Å². The van der Waals surface area contributed by atoms with Gasteiger partial charge in [0.15, 0.2) is 0 Å². The maximum Gasteiger partial charge on any atom is 0.118 e. The van der Waals surface area contributed by atoms with E-state index in [1.807, 2.05) is 36.4 Å². The summed E-state index contributed by atoms with van der Waals surface area (Å²) < 4.78 is 5.15. The molecule has 0 aliphatic carbocycles. The van der Waals surface area contributed by atoms with Gasteiger partial charge in [-0.1, -0.05) is 12.1 Å². The van der Waals surface area contributed by atoms with Crippen LogP contribution in [-0.4, -0.2) is 7.11 Å². The number of nitrogens with one attached hydrogen (secondary N) is 1. The fraction of sp³-hybridized carbons (Fsp3) is 0.200. The van der Waals surface area contributed by atoms with Crippen molar-refractivity contribution in [2.75, 3.05) is 23.9 Å². The quantitative estimate of drug-likeness (QED) is 0.736. The third kappa shape index (κ3) is 3.10. The van der Waals surface area contributed by atoms with Crippen molar-refractivity contribution in [1.82, 2.24) is 0 Å². The summed E-state index contributed by atoms with van der Waals surface area (Å²) in [5.74, 6) is 0.854. The Hall–Kier alpha value is -2.36. The molecule has 0 bridgehead atoms. The zero-order valence-electron chi connectivity index (χ0n) is 11.2. The van der Waals surface area contributed by atoms with Gasteiger partial charge in [-0.3, -0.25) is 0 Å². The van der Waals surface area contributed by atoms with Gasteiger partial charge in [-0.2, -0.15) is 0 Å². The lowest BCUT2D eigenvalue weighted by Gasteiger charge is -2.16. The van der Waals surface area contributed by atoms with E-state index in [4.69, 9.17) is 16.2 Å². The average molecular weight is 257 g/mol. The van der Waals surface area contributed by atoms with Crippen molar-refractivity contribution in [3.05, 3.63) is 48.0 Å². The fourth-order valence-electron chi connectivity index (χ4n) is 1.89. The molecule has 0 saturated carbocycles. The molecule has 2 aromatic carbocycles. The summed E-state index contributed by atoms with van der Waals surface area (Å²) in [6.45, 7) is 2.09. The minimum atomic E-state index is 0.175. The van der Waals surface area contributed by atoms with E-state index in [2.05, 4.69) is 12.2 Å². The van der Waals surface area contributed by atoms with E-state index in [1.165, 1.54) is 5.56 Å². The third-order valence-electron chi connectivity index (χ3n) is 3.09. The molecule has 0 saturated heterocycles. The van der Waals surface area contributed by atoms with Crippen LogP contribution in [0.2, 0.25) is 0 Å².